The minimum absolute atomic E-state index is 0.0476. The van der Waals surface area contributed by atoms with E-state index in [2.05, 4.69) is 14.8 Å². The molecule has 2 heterocycles. The minimum Gasteiger partial charge on any atom is -0.497 e. The molecule has 33 heavy (non-hydrogen) atoms. The van der Waals surface area contributed by atoms with Gasteiger partial charge in [0.15, 0.2) is 11.0 Å². The van der Waals surface area contributed by atoms with Crippen LogP contribution in [0.4, 0.5) is 5.69 Å². The molecule has 174 valence electrons. The lowest BCUT2D eigenvalue weighted by molar-refractivity contribution is -0.117. The lowest BCUT2D eigenvalue weighted by Crippen LogP contribution is -2.36. The first kappa shape index (κ1) is 23.3. The summed E-state index contributed by atoms with van der Waals surface area (Å²) in [4.78, 5) is 15.1. The van der Waals surface area contributed by atoms with Crippen molar-refractivity contribution in [3.05, 3.63) is 54.6 Å². The Hall–Kier alpha value is -2.84. The van der Waals surface area contributed by atoms with Crippen molar-refractivity contribution < 1.29 is 14.3 Å². The molecule has 3 aromatic rings. The lowest BCUT2D eigenvalue weighted by atomic mass is 10.2. The molecule has 0 radical (unpaired) electrons. The zero-order valence-corrected chi connectivity index (χ0v) is 20.1. The Morgan fingerprint density at radius 3 is 2.61 bits per heavy atom. The molecule has 1 fully saturated rings. The summed E-state index contributed by atoms with van der Waals surface area (Å²) in [6, 6.07) is 17.6. The summed E-state index contributed by atoms with van der Waals surface area (Å²) in [5.41, 5.74) is 1.85. The highest BCUT2D eigenvalue weighted by Gasteiger charge is 2.27. The second-order valence-electron chi connectivity index (χ2n) is 7.96. The molecule has 7 nitrogen and oxygen atoms in total. The highest BCUT2D eigenvalue weighted by molar-refractivity contribution is 8.00. The quantitative estimate of drug-likeness (QED) is 0.427. The van der Waals surface area contributed by atoms with E-state index in [9.17, 15) is 4.79 Å². The fourth-order valence-corrected chi connectivity index (χ4v) is 4.91. The summed E-state index contributed by atoms with van der Waals surface area (Å²) in [5, 5.41) is 9.37. The Balaban J connectivity index is 1.59. The van der Waals surface area contributed by atoms with E-state index in [4.69, 9.17) is 9.47 Å². The van der Waals surface area contributed by atoms with Crippen molar-refractivity contribution in [2.24, 2.45) is 0 Å². The number of hydrogen-bond donors (Lipinski definition) is 0. The van der Waals surface area contributed by atoms with Crippen LogP contribution < -0.4 is 9.64 Å². The van der Waals surface area contributed by atoms with Gasteiger partial charge >= 0.3 is 0 Å². The number of carbonyl (C=O) groups excluding carboxylic acids is 1. The van der Waals surface area contributed by atoms with Crippen molar-refractivity contribution >= 4 is 23.4 Å². The Morgan fingerprint density at radius 2 is 1.97 bits per heavy atom. The summed E-state index contributed by atoms with van der Waals surface area (Å²) >= 11 is 1.44. The number of carbonyl (C=O) groups is 1. The topological polar surface area (TPSA) is 69.5 Å². The van der Waals surface area contributed by atoms with Crippen molar-refractivity contribution in [2.75, 3.05) is 25.2 Å². The van der Waals surface area contributed by atoms with E-state index in [1.54, 1.807) is 7.11 Å². The normalized spacial score (nSPS) is 16.5. The molecular weight excluding hydrogens is 436 g/mol. The van der Waals surface area contributed by atoms with Crippen LogP contribution in [0, 0.1) is 0 Å². The van der Waals surface area contributed by atoms with Gasteiger partial charge in [0.1, 0.15) is 5.75 Å². The standard InChI is InChI=1S/C25H30N4O3S/c1-4-28(20-9-6-5-7-10-20)24(30)18(2)33-25-27-26-23(19-12-14-21(31-3)15-13-19)29(25)17-22-11-8-16-32-22/h5-7,9-10,12-15,18,22H,4,8,11,16-17H2,1-3H3. The average Bonchev–Trinajstić information content (AvgIpc) is 3.51. The molecule has 1 aliphatic rings. The lowest BCUT2D eigenvalue weighted by Gasteiger charge is -2.24. The fraction of sp³-hybridized carbons (Fsp3) is 0.400. The van der Waals surface area contributed by atoms with E-state index >= 15 is 0 Å². The molecule has 1 saturated heterocycles. The van der Waals surface area contributed by atoms with Gasteiger partial charge in [-0.05, 0) is 63.1 Å². The van der Waals surface area contributed by atoms with E-state index < -0.39 is 0 Å². The first-order valence-electron chi connectivity index (χ1n) is 11.3. The van der Waals surface area contributed by atoms with Gasteiger partial charge in [0.05, 0.1) is 25.0 Å². The first-order valence-corrected chi connectivity index (χ1v) is 12.2. The van der Waals surface area contributed by atoms with Crippen LogP contribution in [-0.2, 0) is 16.1 Å². The van der Waals surface area contributed by atoms with Gasteiger partial charge in [0.25, 0.3) is 0 Å². The molecule has 0 N–H and O–H groups in total. The number of ether oxygens (including phenoxy) is 2. The van der Waals surface area contributed by atoms with Crippen molar-refractivity contribution in [3.8, 4) is 17.1 Å². The number of amides is 1. The molecule has 2 aromatic carbocycles. The van der Waals surface area contributed by atoms with Gasteiger partial charge in [0, 0.05) is 24.4 Å². The monoisotopic (exact) mass is 466 g/mol. The molecule has 0 aliphatic carbocycles. The number of nitrogens with zero attached hydrogens (tertiary/aromatic N) is 4. The van der Waals surface area contributed by atoms with E-state index in [-0.39, 0.29) is 17.3 Å². The molecule has 0 spiro atoms. The van der Waals surface area contributed by atoms with Gasteiger partial charge in [0.2, 0.25) is 5.91 Å². The predicted octanol–water partition coefficient (Wildman–Crippen LogP) is 4.67. The van der Waals surface area contributed by atoms with E-state index in [1.165, 1.54) is 11.8 Å². The maximum atomic E-state index is 13.3. The third-order valence-corrected chi connectivity index (χ3v) is 6.82. The molecule has 8 heteroatoms. The average molecular weight is 467 g/mol. The van der Waals surface area contributed by atoms with Gasteiger partial charge in [-0.15, -0.1) is 10.2 Å². The van der Waals surface area contributed by atoms with Gasteiger partial charge in [-0.1, -0.05) is 30.0 Å². The minimum atomic E-state index is -0.318. The molecular formula is C25H30N4O3S. The van der Waals surface area contributed by atoms with Crippen molar-refractivity contribution in [1.29, 1.82) is 0 Å². The summed E-state index contributed by atoms with van der Waals surface area (Å²) < 4.78 is 13.3. The van der Waals surface area contributed by atoms with Crippen LogP contribution in [0.5, 0.6) is 5.75 Å². The number of benzene rings is 2. The van der Waals surface area contributed by atoms with Crippen LogP contribution >= 0.6 is 11.8 Å². The summed E-state index contributed by atoms with van der Waals surface area (Å²) in [5.74, 6) is 1.61. The third kappa shape index (κ3) is 5.39. The molecule has 0 bridgehead atoms. The summed E-state index contributed by atoms with van der Waals surface area (Å²) in [7, 11) is 1.65. The van der Waals surface area contributed by atoms with Crippen LogP contribution in [0.25, 0.3) is 11.4 Å². The summed E-state index contributed by atoms with van der Waals surface area (Å²) in [6.07, 6.45) is 2.20. The van der Waals surface area contributed by atoms with Gasteiger partial charge < -0.3 is 14.4 Å². The molecule has 0 saturated carbocycles. The molecule has 2 atom stereocenters. The van der Waals surface area contributed by atoms with Crippen LogP contribution in [0.1, 0.15) is 26.7 Å². The Labute approximate surface area is 199 Å². The van der Waals surface area contributed by atoms with E-state index in [0.717, 1.165) is 47.4 Å². The zero-order valence-electron chi connectivity index (χ0n) is 19.3. The second-order valence-corrected chi connectivity index (χ2v) is 9.27. The molecule has 4 rings (SSSR count). The van der Waals surface area contributed by atoms with Crippen molar-refractivity contribution in [1.82, 2.24) is 14.8 Å². The van der Waals surface area contributed by atoms with Gasteiger partial charge in [-0.2, -0.15) is 0 Å². The molecule has 1 aromatic heterocycles. The maximum Gasteiger partial charge on any atom is 0.240 e. The number of anilines is 1. The smallest absolute Gasteiger partial charge is 0.240 e. The first-order chi connectivity index (χ1) is 16.1. The Kier molecular flexibility index (Phi) is 7.67. The number of rotatable bonds is 9. The summed E-state index contributed by atoms with van der Waals surface area (Å²) in [6.45, 7) is 5.96. The number of para-hydroxylation sites is 1. The second kappa shape index (κ2) is 10.9. The highest BCUT2D eigenvalue weighted by atomic mass is 32.2. The molecule has 1 amide bonds. The van der Waals surface area contributed by atoms with E-state index in [1.807, 2.05) is 73.3 Å². The molecule has 2 unspecified atom stereocenters. The van der Waals surface area contributed by atoms with Crippen molar-refractivity contribution in [2.45, 2.75) is 49.7 Å². The largest absolute Gasteiger partial charge is 0.497 e. The predicted molar refractivity (Wildman–Crippen MR) is 131 cm³/mol. The van der Waals surface area contributed by atoms with Crippen molar-refractivity contribution in [3.63, 3.8) is 0 Å². The SMILES string of the molecule is CCN(C(=O)C(C)Sc1nnc(-c2ccc(OC)cc2)n1CC1CCCO1)c1ccccc1. The number of thioether (sulfide) groups is 1. The van der Waals surface area contributed by atoms with Crippen LogP contribution in [0.15, 0.2) is 59.8 Å². The fourth-order valence-electron chi connectivity index (χ4n) is 3.99. The maximum absolute atomic E-state index is 13.3. The third-order valence-electron chi connectivity index (χ3n) is 5.76. The Bertz CT molecular complexity index is 1050. The van der Waals surface area contributed by atoms with Gasteiger partial charge in [-0.3, -0.25) is 9.36 Å². The van der Waals surface area contributed by atoms with Gasteiger partial charge in [-0.25, -0.2) is 0 Å². The number of methoxy groups -OCH3 is 1. The van der Waals surface area contributed by atoms with Crippen LogP contribution in [0.2, 0.25) is 0 Å². The highest BCUT2D eigenvalue weighted by Crippen LogP contribution is 2.31. The molecule has 1 aliphatic heterocycles. The Morgan fingerprint density at radius 1 is 1.21 bits per heavy atom. The number of aromatic nitrogens is 3. The zero-order chi connectivity index (χ0) is 23.2. The number of hydrogen-bond acceptors (Lipinski definition) is 6. The van der Waals surface area contributed by atoms with Crippen LogP contribution in [0.3, 0.4) is 0 Å². The van der Waals surface area contributed by atoms with E-state index in [0.29, 0.717) is 13.1 Å². The van der Waals surface area contributed by atoms with Crippen LogP contribution in [-0.4, -0.2) is 52.3 Å².